The zero-order valence-electron chi connectivity index (χ0n) is 14.6. The van der Waals surface area contributed by atoms with Crippen molar-refractivity contribution < 1.29 is 14.1 Å². The second-order valence-electron chi connectivity index (χ2n) is 6.52. The summed E-state index contributed by atoms with van der Waals surface area (Å²) in [5, 5.41) is 7.07. The average molecular weight is 343 g/mol. The third-order valence-electron chi connectivity index (χ3n) is 4.55. The van der Waals surface area contributed by atoms with Crippen LogP contribution in [0.5, 0.6) is 0 Å². The zero-order chi connectivity index (χ0) is 17.5. The van der Waals surface area contributed by atoms with Gasteiger partial charge in [0.15, 0.2) is 5.82 Å². The molecule has 0 saturated carbocycles. The highest BCUT2D eigenvalue weighted by Crippen LogP contribution is 2.29. The van der Waals surface area contributed by atoms with Crippen molar-refractivity contribution in [3.05, 3.63) is 47.6 Å². The van der Waals surface area contributed by atoms with E-state index in [1.807, 2.05) is 18.2 Å². The van der Waals surface area contributed by atoms with Crippen LogP contribution in [0.1, 0.15) is 49.5 Å². The largest absolute Gasteiger partial charge is 0.381 e. The number of aromatic nitrogens is 2. The minimum Gasteiger partial charge on any atom is -0.381 e. The maximum Gasteiger partial charge on any atom is 0.249 e. The molecule has 1 amide bonds. The fourth-order valence-electron chi connectivity index (χ4n) is 3.24. The number of nitrogens with zero attached hydrogens (tertiary/aromatic N) is 2. The van der Waals surface area contributed by atoms with E-state index in [0.717, 1.165) is 32.1 Å². The minimum atomic E-state index is -0.225. The van der Waals surface area contributed by atoms with Crippen molar-refractivity contribution in [2.45, 2.75) is 45.1 Å². The lowest BCUT2D eigenvalue weighted by Gasteiger charge is -2.28. The predicted octanol–water partition coefficient (Wildman–Crippen LogP) is 2.85. The number of carbonyl (C=O) groups is 1. The fraction of sp³-hybridized carbons (Fsp3) is 0.526. The van der Waals surface area contributed by atoms with Crippen molar-refractivity contribution in [3.63, 3.8) is 0 Å². The number of amides is 1. The number of nitrogens with one attached hydrogen (secondary N) is 1. The highest BCUT2D eigenvalue weighted by atomic mass is 16.5. The molecule has 0 unspecified atom stereocenters. The first-order valence-corrected chi connectivity index (χ1v) is 8.93. The lowest BCUT2D eigenvalue weighted by molar-refractivity contribution is -0.120. The molecule has 3 rings (SSSR count). The van der Waals surface area contributed by atoms with Crippen LogP contribution in [0.4, 0.5) is 0 Å². The molecule has 1 saturated heterocycles. The summed E-state index contributed by atoms with van der Waals surface area (Å²) in [5.74, 6) is 1.40. The molecule has 0 bridgehead atoms. The Kier molecular flexibility index (Phi) is 6.17. The Hall–Kier alpha value is -2.21. The molecule has 0 aliphatic carbocycles. The van der Waals surface area contributed by atoms with Gasteiger partial charge in [-0.15, -0.1) is 0 Å². The van der Waals surface area contributed by atoms with E-state index in [-0.39, 0.29) is 17.9 Å². The third kappa shape index (κ3) is 5.13. The second kappa shape index (κ2) is 8.76. The predicted molar refractivity (Wildman–Crippen MR) is 92.9 cm³/mol. The average Bonchev–Trinajstić information content (AvgIpc) is 3.10. The van der Waals surface area contributed by atoms with Crippen LogP contribution in [0.15, 0.2) is 34.9 Å². The van der Waals surface area contributed by atoms with Crippen LogP contribution < -0.4 is 5.32 Å². The monoisotopic (exact) mass is 343 g/mol. The topological polar surface area (TPSA) is 77.3 Å². The molecule has 1 N–H and O–H groups in total. The van der Waals surface area contributed by atoms with E-state index in [1.54, 1.807) is 0 Å². The summed E-state index contributed by atoms with van der Waals surface area (Å²) in [6, 6.07) is 10.1. The Labute approximate surface area is 148 Å². The van der Waals surface area contributed by atoms with Crippen molar-refractivity contribution in [1.82, 2.24) is 15.5 Å². The third-order valence-corrected chi connectivity index (χ3v) is 4.55. The van der Waals surface area contributed by atoms with E-state index in [4.69, 9.17) is 9.26 Å². The highest BCUT2D eigenvalue weighted by Gasteiger charge is 2.30. The standard InChI is InChI=1S/C19H25N3O3/c1-14(23)20-18(16-10-12-24-13-11-16)19-21-17(22-25-19)9-5-8-15-6-3-2-4-7-15/h2-4,6-7,16,18H,5,8-13H2,1H3,(H,20,23)/t18-/m0/s1. The summed E-state index contributed by atoms with van der Waals surface area (Å²) < 4.78 is 10.9. The summed E-state index contributed by atoms with van der Waals surface area (Å²) in [7, 11) is 0. The van der Waals surface area contributed by atoms with Gasteiger partial charge in [0.05, 0.1) is 0 Å². The van der Waals surface area contributed by atoms with Crippen LogP contribution in [0.25, 0.3) is 0 Å². The van der Waals surface area contributed by atoms with Crippen molar-refractivity contribution in [2.75, 3.05) is 13.2 Å². The van der Waals surface area contributed by atoms with Gasteiger partial charge in [-0.05, 0) is 37.2 Å². The Morgan fingerprint density at radius 1 is 1.24 bits per heavy atom. The first kappa shape index (κ1) is 17.6. The molecular formula is C19H25N3O3. The van der Waals surface area contributed by atoms with E-state index in [1.165, 1.54) is 12.5 Å². The lowest BCUT2D eigenvalue weighted by Crippen LogP contribution is -2.35. The fourth-order valence-corrected chi connectivity index (χ4v) is 3.24. The van der Waals surface area contributed by atoms with Crippen molar-refractivity contribution in [1.29, 1.82) is 0 Å². The SMILES string of the molecule is CC(=O)N[C@H](c1nc(CCCc2ccccc2)no1)C1CCOCC1. The van der Waals surface area contributed by atoms with Crippen LogP contribution in [0.3, 0.4) is 0 Å². The van der Waals surface area contributed by atoms with Crippen molar-refractivity contribution >= 4 is 5.91 Å². The summed E-state index contributed by atoms with van der Waals surface area (Å²) in [5.41, 5.74) is 1.31. The number of hydrogen-bond donors (Lipinski definition) is 1. The first-order chi connectivity index (χ1) is 12.2. The van der Waals surface area contributed by atoms with Crippen molar-refractivity contribution in [3.8, 4) is 0 Å². The Morgan fingerprint density at radius 3 is 2.72 bits per heavy atom. The summed E-state index contributed by atoms with van der Waals surface area (Å²) in [4.78, 5) is 16.1. The van der Waals surface area contributed by atoms with E-state index >= 15 is 0 Å². The van der Waals surface area contributed by atoms with Gasteiger partial charge < -0.3 is 14.6 Å². The maximum atomic E-state index is 11.6. The highest BCUT2D eigenvalue weighted by molar-refractivity contribution is 5.73. The van der Waals surface area contributed by atoms with Gasteiger partial charge in [0.1, 0.15) is 6.04 Å². The summed E-state index contributed by atoms with van der Waals surface area (Å²) in [6.07, 6.45) is 4.48. The Balaban J connectivity index is 1.59. The van der Waals surface area contributed by atoms with Crippen LogP contribution in [0.2, 0.25) is 0 Å². The van der Waals surface area contributed by atoms with Gasteiger partial charge in [-0.25, -0.2) is 0 Å². The summed E-state index contributed by atoms with van der Waals surface area (Å²) >= 11 is 0. The number of carbonyl (C=O) groups excluding carboxylic acids is 1. The molecule has 1 aromatic carbocycles. The van der Waals surface area contributed by atoms with E-state index in [0.29, 0.717) is 24.9 Å². The van der Waals surface area contributed by atoms with Gasteiger partial charge in [0.2, 0.25) is 11.8 Å². The van der Waals surface area contributed by atoms with E-state index in [2.05, 4.69) is 27.6 Å². The molecule has 1 atom stereocenters. The molecule has 0 radical (unpaired) electrons. The Bertz CT molecular complexity index is 666. The molecule has 2 aromatic rings. The van der Waals surface area contributed by atoms with Crippen LogP contribution in [-0.4, -0.2) is 29.3 Å². The number of hydrogen-bond acceptors (Lipinski definition) is 5. The first-order valence-electron chi connectivity index (χ1n) is 8.93. The molecular weight excluding hydrogens is 318 g/mol. The second-order valence-corrected chi connectivity index (χ2v) is 6.52. The number of aryl methyl sites for hydroxylation is 2. The minimum absolute atomic E-state index is 0.0830. The van der Waals surface area contributed by atoms with Crippen LogP contribution in [0, 0.1) is 5.92 Å². The van der Waals surface area contributed by atoms with Gasteiger partial charge in [0.25, 0.3) is 0 Å². The smallest absolute Gasteiger partial charge is 0.249 e. The molecule has 1 fully saturated rings. The maximum absolute atomic E-state index is 11.6. The van der Waals surface area contributed by atoms with Gasteiger partial charge in [-0.3, -0.25) is 4.79 Å². The van der Waals surface area contributed by atoms with Crippen LogP contribution in [-0.2, 0) is 22.4 Å². The zero-order valence-corrected chi connectivity index (χ0v) is 14.6. The van der Waals surface area contributed by atoms with Gasteiger partial charge in [0, 0.05) is 26.6 Å². The molecule has 2 heterocycles. The summed E-state index contributed by atoms with van der Waals surface area (Å²) in [6.45, 7) is 2.93. The van der Waals surface area contributed by atoms with Gasteiger partial charge in [-0.2, -0.15) is 4.98 Å². The molecule has 25 heavy (non-hydrogen) atoms. The molecule has 0 spiro atoms. The molecule has 1 aliphatic heterocycles. The number of benzene rings is 1. The normalized spacial score (nSPS) is 16.5. The molecule has 134 valence electrons. The van der Waals surface area contributed by atoms with Gasteiger partial charge in [-0.1, -0.05) is 35.5 Å². The van der Waals surface area contributed by atoms with Gasteiger partial charge >= 0.3 is 0 Å². The quantitative estimate of drug-likeness (QED) is 0.836. The van der Waals surface area contributed by atoms with Crippen molar-refractivity contribution in [2.24, 2.45) is 5.92 Å². The molecule has 1 aromatic heterocycles. The molecule has 6 nitrogen and oxygen atoms in total. The van der Waals surface area contributed by atoms with E-state index < -0.39 is 0 Å². The molecule has 1 aliphatic rings. The molecule has 6 heteroatoms. The lowest BCUT2D eigenvalue weighted by atomic mass is 9.91. The van der Waals surface area contributed by atoms with E-state index in [9.17, 15) is 4.79 Å². The number of rotatable bonds is 7. The number of ether oxygens (including phenoxy) is 1. The Morgan fingerprint density at radius 2 is 2.00 bits per heavy atom. The van der Waals surface area contributed by atoms with Crippen LogP contribution >= 0.6 is 0 Å².